The Bertz CT molecular complexity index is 544. The van der Waals surface area contributed by atoms with Crippen LogP contribution >= 0.6 is 11.6 Å². The van der Waals surface area contributed by atoms with Gasteiger partial charge in [-0.05, 0) is 18.2 Å². The van der Waals surface area contributed by atoms with Gasteiger partial charge in [-0.3, -0.25) is 9.59 Å². The Labute approximate surface area is 117 Å². The van der Waals surface area contributed by atoms with Crippen molar-refractivity contribution in [1.29, 1.82) is 0 Å². The summed E-state index contributed by atoms with van der Waals surface area (Å²) in [5, 5.41) is 3.90. The molecule has 1 rings (SSSR count). The first kappa shape index (κ1) is 16.0. The van der Waals surface area contributed by atoms with Crippen LogP contribution in [0.15, 0.2) is 30.9 Å². The zero-order chi connectivity index (χ0) is 15.3. The van der Waals surface area contributed by atoms with Gasteiger partial charge in [0.05, 0.1) is 11.3 Å². The maximum atomic E-state index is 12.8. The zero-order valence-corrected chi connectivity index (χ0v) is 10.8. The molecule has 0 unspecified atom stereocenters. The molecule has 0 saturated heterocycles. The van der Waals surface area contributed by atoms with E-state index < -0.39 is 29.2 Å². The van der Waals surface area contributed by atoms with Gasteiger partial charge in [0.25, 0.3) is 0 Å². The molecule has 8 heteroatoms. The van der Waals surface area contributed by atoms with E-state index in [0.29, 0.717) is 6.07 Å². The number of alkyl halides is 3. The largest absolute Gasteiger partial charge is 0.418 e. The van der Waals surface area contributed by atoms with E-state index in [1.807, 2.05) is 5.32 Å². The van der Waals surface area contributed by atoms with Crippen molar-refractivity contribution in [1.82, 2.24) is 5.32 Å². The van der Waals surface area contributed by atoms with E-state index in [1.165, 1.54) is 12.1 Å². The molecule has 0 radical (unpaired) electrons. The fraction of sp³-hybridized carbons (Fsp3) is 0.167. The van der Waals surface area contributed by atoms with E-state index in [0.717, 1.165) is 6.07 Å². The number of rotatable bonds is 3. The summed E-state index contributed by atoms with van der Waals surface area (Å²) in [4.78, 5) is 22.7. The first-order valence-electron chi connectivity index (χ1n) is 5.32. The van der Waals surface area contributed by atoms with Gasteiger partial charge in [-0.1, -0.05) is 17.7 Å². The molecule has 0 aliphatic heterocycles. The van der Waals surface area contributed by atoms with Crippen molar-refractivity contribution in [3.05, 3.63) is 41.4 Å². The van der Waals surface area contributed by atoms with E-state index >= 15 is 0 Å². The number of benzene rings is 1. The second-order valence-electron chi connectivity index (χ2n) is 3.64. The molecule has 0 saturated carbocycles. The van der Waals surface area contributed by atoms with Crippen molar-refractivity contribution in [2.24, 2.45) is 0 Å². The molecule has 20 heavy (non-hydrogen) atoms. The van der Waals surface area contributed by atoms with Crippen LogP contribution in [-0.2, 0) is 15.8 Å². The van der Waals surface area contributed by atoms with Crippen LogP contribution in [0.3, 0.4) is 0 Å². The maximum absolute atomic E-state index is 12.8. The van der Waals surface area contributed by atoms with E-state index in [4.69, 9.17) is 11.6 Å². The fourth-order valence-corrected chi connectivity index (χ4v) is 1.46. The van der Waals surface area contributed by atoms with Crippen LogP contribution in [0.5, 0.6) is 0 Å². The molecule has 0 aromatic heterocycles. The van der Waals surface area contributed by atoms with Crippen LogP contribution in [0.4, 0.5) is 18.9 Å². The molecule has 4 nitrogen and oxygen atoms in total. The Kier molecular flexibility index (Phi) is 5.15. The highest BCUT2D eigenvalue weighted by Gasteiger charge is 2.34. The van der Waals surface area contributed by atoms with Crippen LogP contribution in [0.1, 0.15) is 5.56 Å². The Morgan fingerprint density at radius 3 is 2.50 bits per heavy atom. The van der Waals surface area contributed by atoms with Crippen molar-refractivity contribution in [3.63, 3.8) is 0 Å². The maximum Gasteiger partial charge on any atom is 0.418 e. The molecule has 1 aromatic rings. The van der Waals surface area contributed by atoms with Crippen molar-refractivity contribution in [2.75, 3.05) is 11.9 Å². The molecule has 0 heterocycles. The minimum absolute atomic E-state index is 0.0268. The molecular weight excluding hydrogens is 297 g/mol. The Balaban J connectivity index is 2.95. The summed E-state index contributed by atoms with van der Waals surface area (Å²) in [6.07, 6.45) is -3.38. The van der Waals surface area contributed by atoms with Gasteiger partial charge in [-0.2, -0.15) is 13.2 Å². The SMILES string of the molecule is C=CCNC(=O)C(=O)Nc1ccc(Cl)cc1C(F)(F)F. The average molecular weight is 307 g/mol. The minimum atomic E-state index is -4.70. The molecule has 0 aliphatic rings. The molecule has 0 fully saturated rings. The normalized spacial score (nSPS) is 10.8. The Morgan fingerprint density at radius 2 is 1.95 bits per heavy atom. The number of carbonyl (C=O) groups is 2. The van der Waals surface area contributed by atoms with Gasteiger partial charge in [-0.25, -0.2) is 0 Å². The van der Waals surface area contributed by atoms with Gasteiger partial charge in [0.1, 0.15) is 0 Å². The summed E-state index contributed by atoms with van der Waals surface area (Å²) < 4.78 is 38.3. The fourth-order valence-electron chi connectivity index (χ4n) is 1.28. The highest BCUT2D eigenvalue weighted by molar-refractivity contribution is 6.39. The molecule has 0 spiro atoms. The van der Waals surface area contributed by atoms with Gasteiger partial charge < -0.3 is 10.6 Å². The molecule has 0 aliphatic carbocycles. The van der Waals surface area contributed by atoms with E-state index in [1.54, 1.807) is 0 Å². The third-order valence-corrected chi connectivity index (χ3v) is 2.38. The first-order chi connectivity index (χ1) is 9.25. The molecule has 0 atom stereocenters. The monoisotopic (exact) mass is 306 g/mol. The lowest BCUT2D eigenvalue weighted by molar-refractivity contribution is -0.138. The molecule has 1 aromatic carbocycles. The molecular formula is C12H10ClF3N2O2. The number of hydrogen-bond donors (Lipinski definition) is 2. The van der Waals surface area contributed by atoms with E-state index in [9.17, 15) is 22.8 Å². The highest BCUT2D eigenvalue weighted by atomic mass is 35.5. The summed E-state index contributed by atoms with van der Waals surface area (Å²) in [7, 11) is 0. The van der Waals surface area contributed by atoms with Crippen LogP contribution in [0.2, 0.25) is 5.02 Å². The van der Waals surface area contributed by atoms with E-state index in [-0.39, 0.29) is 11.6 Å². The van der Waals surface area contributed by atoms with Crippen molar-refractivity contribution < 1.29 is 22.8 Å². The molecule has 0 bridgehead atoms. The molecule has 2 N–H and O–H groups in total. The van der Waals surface area contributed by atoms with Crippen molar-refractivity contribution in [2.45, 2.75) is 6.18 Å². The van der Waals surface area contributed by atoms with Crippen molar-refractivity contribution in [3.8, 4) is 0 Å². The van der Waals surface area contributed by atoms with Gasteiger partial charge in [0.15, 0.2) is 0 Å². The van der Waals surface area contributed by atoms with Gasteiger partial charge >= 0.3 is 18.0 Å². The van der Waals surface area contributed by atoms with Gasteiger partial charge in [0.2, 0.25) is 0 Å². The molecule has 108 valence electrons. The lowest BCUT2D eigenvalue weighted by Crippen LogP contribution is -2.35. The number of halogens is 4. The predicted octanol–water partition coefficient (Wildman–Crippen LogP) is 2.60. The third-order valence-electron chi connectivity index (χ3n) is 2.15. The lowest BCUT2D eigenvalue weighted by atomic mass is 10.1. The quantitative estimate of drug-likeness (QED) is 0.666. The van der Waals surface area contributed by atoms with Crippen LogP contribution in [0.25, 0.3) is 0 Å². The standard InChI is InChI=1S/C12H10ClF3N2O2/c1-2-5-17-10(19)11(20)18-9-4-3-7(13)6-8(9)12(14,15)16/h2-4,6H,1,5H2,(H,17,19)(H,18,20). The predicted molar refractivity (Wildman–Crippen MR) is 68.3 cm³/mol. The first-order valence-corrected chi connectivity index (χ1v) is 5.70. The summed E-state index contributed by atoms with van der Waals surface area (Å²) in [5.41, 5.74) is -1.67. The van der Waals surface area contributed by atoms with Crippen LogP contribution in [0, 0.1) is 0 Å². The summed E-state index contributed by atoms with van der Waals surface area (Å²) >= 11 is 5.49. The summed E-state index contributed by atoms with van der Waals surface area (Å²) in [5.74, 6) is -2.27. The second kappa shape index (κ2) is 6.42. The number of amides is 2. The van der Waals surface area contributed by atoms with Gasteiger partial charge in [0, 0.05) is 11.6 Å². The summed E-state index contributed by atoms with van der Waals surface area (Å²) in [6, 6.07) is 2.82. The lowest BCUT2D eigenvalue weighted by Gasteiger charge is -2.13. The van der Waals surface area contributed by atoms with E-state index in [2.05, 4.69) is 11.9 Å². The third kappa shape index (κ3) is 4.27. The smallest absolute Gasteiger partial charge is 0.344 e. The summed E-state index contributed by atoms with van der Waals surface area (Å²) in [6.45, 7) is 3.35. The average Bonchev–Trinajstić information content (AvgIpc) is 2.36. The second-order valence-corrected chi connectivity index (χ2v) is 4.08. The zero-order valence-electron chi connectivity index (χ0n) is 10.1. The minimum Gasteiger partial charge on any atom is -0.344 e. The number of hydrogen-bond acceptors (Lipinski definition) is 2. The number of anilines is 1. The van der Waals surface area contributed by atoms with Crippen LogP contribution < -0.4 is 10.6 Å². The Hall–Kier alpha value is -2.02. The number of carbonyl (C=O) groups excluding carboxylic acids is 2. The van der Waals surface area contributed by atoms with Gasteiger partial charge in [-0.15, -0.1) is 6.58 Å². The van der Waals surface area contributed by atoms with Crippen LogP contribution in [-0.4, -0.2) is 18.4 Å². The van der Waals surface area contributed by atoms with Crippen molar-refractivity contribution >= 4 is 29.1 Å². The topological polar surface area (TPSA) is 58.2 Å². The molecule has 2 amide bonds. The number of nitrogens with one attached hydrogen (secondary N) is 2. The highest BCUT2D eigenvalue weighted by Crippen LogP contribution is 2.36. The Morgan fingerprint density at radius 1 is 1.30 bits per heavy atom.